The number of nitriles is 1. The van der Waals surface area contributed by atoms with Gasteiger partial charge in [0.05, 0.1) is 6.07 Å². The Morgan fingerprint density at radius 3 is 2.00 bits per heavy atom. The molecule has 0 bridgehead atoms. The second-order valence-corrected chi connectivity index (χ2v) is 4.70. The lowest BCUT2D eigenvalue weighted by atomic mass is 9.93. The maximum Gasteiger partial charge on any atom is 0.159 e. The summed E-state index contributed by atoms with van der Waals surface area (Å²) in [7, 11) is 0. The van der Waals surface area contributed by atoms with Crippen molar-refractivity contribution >= 4 is 11.4 Å². The molecule has 0 spiro atoms. The molecule has 0 saturated carbocycles. The first kappa shape index (κ1) is 15.2. The molecule has 1 rings (SSSR count). The molecule has 0 aromatic heterocycles. The molecule has 0 fully saturated rings. The minimum atomic E-state index is 0.0710. The Morgan fingerprint density at radius 2 is 1.58 bits per heavy atom. The van der Waals surface area contributed by atoms with Crippen LogP contribution in [0.5, 0.6) is 0 Å². The predicted octanol–water partition coefficient (Wildman–Crippen LogP) is 4.77. The summed E-state index contributed by atoms with van der Waals surface area (Å²) in [5, 5.41) is 9.30. The predicted molar refractivity (Wildman–Crippen MR) is 78.8 cm³/mol. The lowest BCUT2D eigenvalue weighted by Gasteiger charge is -2.10. The Hall–Kier alpha value is -1.88. The van der Waals surface area contributed by atoms with Crippen molar-refractivity contribution < 1.29 is 4.79 Å². The van der Waals surface area contributed by atoms with Crippen molar-refractivity contribution in [3.8, 4) is 6.07 Å². The average Bonchev–Trinajstić information content (AvgIpc) is 2.43. The van der Waals surface area contributed by atoms with E-state index >= 15 is 0 Å². The third kappa shape index (κ3) is 4.06. The Kier molecular flexibility index (Phi) is 6.02. The van der Waals surface area contributed by atoms with Crippen molar-refractivity contribution in [1.82, 2.24) is 0 Å². The van der Waals surface area contributed by atoms with E-state index in [4.69, 9.17) is 0 Å². The third-order valence-electron chi connectivity index (χ3n) is 3.14. The van der Waals surface area contributed by atoms with E-state index in [1.54, 1.807) is 6.92 Å². The van der Waals surface area contributed by atoms with Crippen LogP contribution >= 0.6 is 0 Å². The normalized spacial score (nSPS) is 11.7. The van der Waals surface area contributed by atoms with Crippen LogP contribution in [0.2, 0.25) is 0 Å². The molecule has 1 aromatic rings. The lowest BCUT2D eigenvalue weighted by Crippen LogP contribution is -1.95. The fraction of sp³-hybridized carbons (Fsp3) is 0.412. The summed E-state index contributed by atoms with van der Waals surface area (Å²) >= 11 is 0. The van der Waals surface area contributed by atoms with Crippen LogP contribution < -0.4 is 0 Å². The number of hydrogen-bond acceptors (Lipinski definition) is 2. The molecule has 1 aromatic carbocycles. The van der Waals surface area contributed by atoms with E-state index in [2.05, 4.69) is 19.9 Å². The summed E-state index contributed by atoms with van der Waals surface area (Å²) in [6, 6.07) is 9.93. The largest absolute Gasteiger partial charge is 0.295 e. The van der Waals surface area contributed by atoms with E-state index in [9.17, 15) is 10.1 Å². The van der Waals surface area contributed by atoms with Gasteiger partial charge in [-0.05, 0) is 30.9 Å². The van der Waals surface area contributed by atoms with Gasteiger partial charge in [0.25, 0.3) is 0 Å². The Bertz CT molecular complexity index is 503. The molecule has 100 valence electrons. The average molecular weight is 255 g/mol. The van der Waals surface area contributed by atoms with Crippen molar-refractivity contribution in [3.05, 3.63) is 41.0 Å². The molecule has 2 heteroatoms. The molecule has 0 aliphatic heterocycles. The number of Topliss-reactive ketones (excluding diaryl/α,β-unsaturated/α-hetero) is 1. The monoisotopic (exact) mass is 255 g/mol. The van der Waals surface area contributed by atoms with Gasteiger partial charge in [0.2, 0.25) is 0 Å². The van der Waals surface area contributed by atoms with E-state index in [1.807, 2.05) is 24.3 Å². The number of rotatable bonds is 6. The van der Waals surface area contributed by atoms with Crippen molar-refractivity contribution in [2.45, 2.75) is 46.5 Å². The van der Waals surface area contributed by atoms with Gasteiger partial charge in [-0.25, -0.2) is 0 Å². The standard InChI is InChI=1S/C17H21NO/c1-4-6-16(12-18)17(7-5-2)15-10-8-14(9-11-15)13(3)19/h8-11H,4-7H2,1-3H3/b17-16-. The molecule has 0 radical (unpaired) electrons. The van der Waals surface area contributed by atoms with Gasteiger partial charge < -0.3 is 0 Å². The van der Waals surface area contributed by atoms with Gasteiger partial charge in [-0.2, -0.15) is 5.26 Å². The topological polar surface area (TPSA) is 40.9 Å². The van der Waals surface area contributed by atoms with Gasteiger partial charge in [0, 0.05) is 11.1 Å². The van der Waals surface area contributed by atoms with Crippen LogP contribution in [0.15, 0.2) is 29.8 Å². The van der Waals surface area contributed by atoms with E-state index in [-0.39, 0.29) is 5.78 Å². The molecule has 0 unspecified atom stereocenters. The van der Waals surface area contributed by atoms with Gasteiger partial charge in [-0.15, -0.1) is 0 Å². The van der Waals surface area contributed by atoms with Gasteiger partial charge in [-0.1, -0.05) is 51.0 Å². The van der Waals surface area contributed by atoms with Crippen molar-refractivity contribution in [2.75, 3.05) is 0 Å². The highest BCUT2D eigenvalue weighted by Crippen LogP contribution is 2.26. The van der Waals surface area contributed by atoms with Crippen LogP contribution in [0, 0.1) is 11.3 Å². The molecule has 2 nitrogen and oxygen atoms in total. The summed E-state index contributed by atoms with van der Waals surface area (Å²) < 4.78 is 0. The smallest absolute Gasteiger partial charge is 0.159 e. The van der Waals surface area contributed by atoms with Gasteiger partial charge in [0.1, 0.15) is 0 Å². The minimum Gasteiger partial charge on any atom is -0.295 e. The first-order valence-electron chi connectivity index (χ1n) is 6.87. The van der Waals surface area contributed by atoms with Crippen LogP contribution in [-0.4, -0.2) is 5.78 Å². The minimum absolute atomic E-state index is 0.0710. The molecule has 19 heavy (non-hydrogen) atoms. The number of ketones is 1. The number of hydrogen-bond donors (Lipinski definition) is 0. The number of carbonyl (C=O) groups is 1. The zero-order chi connectivity index (χ0) is 14.3. The van der Waals surface area contributed by atoms with Crippen LogP contribution in [0.25, 0.3) is 5.57 Å². The molecule has 0 saturated heterocycles. The Morgan fingerprint density at radius 1 is 1.05 bits per heavy atom. The summed E-state index contributed by atoms with van der Waals surface area (Å²) in [6.45, 7) is 5.76. The van der Waals surface area contributed by atoms with Crippen molar-refractivity contribution in [1.29, 1.82) is 5.26 Å². The fourth-order valence-corrected chi connectivity index (χ4v) is 2.15. The first-order chi connectivity index (χ1) is 9.13. The Balaban J connectivity index is 3.19. The molecule has 0 atom stereocenters. The maximum absolute atomic E-state index is 11.3. The van der Waals surface area contributed by atoms with Crippen LogP contribution in [0.3, 0.4) is 0 Å². The quantitative estimate of drug-likeness (QED) is 0.543. The number of allylic oxidation sites excluding steroid dienone is 2. The zero-order valence-corrected chi connectivity index (χ0v) is 12.0. The third-order valence-corrected chi connectivity index (χ3v) is 3.14. The van der Waals surface area contributed by atoms with E-state index in [0.29, 0.717) is 5.56 Å². The summed E-state index contributed by atoms with van der Waals surface area (Å²) in [5.41, 5.74) is 3.78. The van der Waals surface area contributed by atoms with E-state index in [0.717, 1.165) is 42.4 Å². The maximum atomic E-state index is 11.3. The van der Waals surface area contributed by atoms with Gasteiger partial charge in [0.15, 0.2) is 5.78 Å². The van der Waals surface area contributed by atoms with Crippen molar-refractivity contribution in [3.63, 3.8) is 0 Å². The summed E-state index contributed by atoms with van der Waals surface area (Å²) in [6.07, 6.45) is 3.71. The van der Waals surface area contributed by atoms with Crippen LogP contribution in [0.4, 0.5) is 0 Å². The highest BCUT2D eigenvalue weighted by atomic mass is 16.1. The second-order valence-electron chi connectivity index (χ2n) is 4.70. The highest BCUT2D eigenvalue weighted by Gasteiger charge is 2.09. The van der Waals surface area contributed by atoms with Crippen LogP contribution in [0.1, 0.15) is 62.4 Å². The number of carbonyl (C=O) groups excluding carboxylic acids is 1. The van der Waals surface area contributed by atoms with Gasteiger partial charge in [-0.3, -0.25) is 4.79 Å². The molecule has 0 amide bonds. The van der Waals surface area contributed by atoms with Crippen molar-refractivity contribution in [2.24, 2.45) is 0 Å². The lowest BCUT2D eigenvalue weighted by molar-refractivity contribution is 0.101. The molecular formula is C17H21NO. The number of nitrogens with zero attached hydrogens (tertiary/aromatic N) is 1. The number of benzene rings is 1. The Labute approximate surface area is 115 Å². The summed E-state index contributed by atoms with van der Waals surface area (Å²) in [5.74, 6) is 0.0710. The SMILES string of the molecule is CCC/C(C#N)=C(\CCC)c1ccc(C(C)=O)cc1. The van der Waals surface area contributed by atoms with Crippen LogP contribution in [-0.2, 0) is 0 Å². The fourth-order valence-electron chi connectivity index (χ4n) is 2.15. The summed E-state index contributed by atoms with van der Waals surface area (Å²) in [4.78, 5) is 11.3. The van der Waals surface area contributed by atoms with E-state index < -0.39 is 0 Å². The molecule has 0 aliphatic rings. The second kappa shape index (κ2) is 7.53. The first-order valence-corrected chi connectivity index (χ1v) is 6.87. The molecule has 0 aliphatic carbocycles. The highest BCUT2D eigenvalue weighted by molar-refractivity contribution is 5.94. The molecule has 0 N–H and O–H groups in total. The van der Waals surface area contributed by atoms with E-state index in [1.165, 1.54) is 0 Å². The zero-order valence-electron chi connectivity index (χ0n) is 12.0. The van der Waals surface area contributed by atoms with Gasteiger partial charge >= 0.3 is 0 Å². The molecule has 0 heterocycles. The molecular weight excluding hydrogens is 234 g/mol.